The molecule has 0 aliphatic heterocycles. The molecule has 1 fully saturated rings. The highest BCUT2D eigenvalue weighted by molar-refractivity contribution is 5.25. The lowest BCUT2D eigenvalue weighted by Gasteiger charge is -2.34. The molecule has 0 spiro atoms. The van der Waals surface area contributed by atoms with E-state index in [9.17, 15) is 8.78 Å². The summed E-state index contributed by atoms with van der Waals surface area (Å²) < 4.78 is 32.3. The van der Waals surface area contributed by atoms with Crippen molar-refractivity contribution in [2.24, 2.45) is 5.73 Å². The van der Waals surface area contributed by atoms with E-state index in [-0.39, 0.29) is 5.56 Å². The van der Waals surface area contributed by atoms with Gasteiger partial charge in [-0.1, -0.05) is 12.8 Å². The maximum absolute atomic E-state index is 13.7. The van der Waals surface area contributed by atoms with Crippen molar-refractivity contribution in [3.05, 3.63) is 35.4 Å². The second-order valence-corrected chi connectivity index (χ2v) is 4.62. The minimum atomic E-state index is -0.620. The zero-order valence-electron chi connectivity index (χ0n) is 9.88. The number of methoxy groups -OCH3 is 1. The minimum Gasteiger partial charge on any atom is -0.376 e. The second-order valence-electron chi connectivity index (χ2n) is 4.62. The quantitative estimate of drug-likeness (QED) is 0.883. The average Bonchev–Trinajstić information content (AvgIpc) is 2.81. The van der Waals surface area contributed by atoms with Crippen LogP contribution in [0.5, 0.6) is 0 Å². The van der Waals surface area contributed by atoms with Gasteiger partial charge >= 0.3 is 0 Å². The van der Waals surface area contributed by atoms with Crippen molar-refractivity contribution in [3.63, 3.8) is 0 Å². The first kappa shape index (κ1) is 12.5. The standard InChI is InChI=1S/C13H17F2NO/c1-17-13(6-2-3-7-13)12(16)10-8-9(14)4-5-11(10)15/h4-5,8,12H,2-3,6-7,16H2,1H3. The largest absolute Gasteiger partial charge is 0.376 e. The normalized spacial score (nSPS) is 20.5. The zero-order valence-corrected chi connectivity index (χ0v) is 9.88. The van der Waals surface area contributed by atoms with E-state index < -0.39 is 23.3 Å². The summed E-state index contributed by atoms with van der Waals surface area (Å²) in [5.74, 6) is -0.941. The van der Waals surface area contributed by atoms with Crippen molar-refractivity contribution in [1.82, 2.24) is 0 Å². The van der Waals surface area contributed by atoms with Gasteiger partial charge < -0.3 is 10.5 Å². The summed E-state index contributed by atoms with van der Waals surface area (Å²) in [6.45, 7) is 0. The monoisotopic (exact) mass is 241 g/mol. The lowest BCUT2D eigenvalue weighted by atomic mass is 9.87. The average molecular weight is 241 g/mol. The molecular formula is C13H17F2NO. The molecule has 2 rings (SSSR count). The van der Waals surface area contributed by atoms with Crippen molar-refractivity contribution in [3.8, 4) is 0 Å². The molecule has 0 aromatic heterocycles. The SMILES string of the molecule is COC1(C(N)c2cc(F)ccc2F)CCCC1. The molecule has 0 amide bonds. The molecule has 1 saturated carbocycles. The van der Waals surface area contributed by atoms with Gasteiger partial charge in [0.1, 0.15) is 11.6 Å². The molecule has 1 aromatic rings. The zero-order chi connectivity index (χ0) is 12.5. The molecule has 1 aliphatic rings. The Morgan fingerprint density at radius 3 is 2.53 bits per heavy atom. The third-order valence-corrected chi connectivity index (χ3v) is 3.72. The smallest absolute Gasteiger partial charge is 0.128 e. The highest BCUT2D eigenvalue weighted by atomic mass is 19.1. The minimum absolute atomic E-state index is 0.203. The van der Waals surface area contributed by atoms with E-state index in [0.717, 1.165) is 37.8 Å². The Hall–Kier alpha value is -1.00. The third-order valence-electron chi connectivity index (χ3n) is 3.72. The number of benzene rings is 1. The Bertz CT molecular complexity index is 402. The number of halogens is 2. The maximum atomic E-state index is 13.7. The summed E-state index contributed by atoms with van der Waals surface area (Å²) in [5, 5.41) is 0. The van der Waals surface area contributed by atoms with Gasteiger partial charge in [0.2, 0.25) is 0 Å². The fourth-order valence-corrected chi connectivity index (χ4v) is 2.65. The maximum Gasteiger partial charge on any atom is 0.128 e. The Morgan fingerprint density at radius 2 is 1.94 bits per heavy atom. The summed E-state index contributed by atoms with van der Waals surface area (Å²) in [5.41, 5.74) is 5.74. The van der Waals surface area contributed by atoms with Gasteiger partial charge in [-0.05, 0) is 31.0 Å². The van der Waals surface area contributed by atoms with Gasteiger partial charge in [-0.3, -0.25) is 0 Å². The van der Waals surface area contributed by atoms with Crippen LogP contribution in [0, 0.1) is 11.6 Å². The Labute approximate surface area is 99.8 Å². The van der Waals surface area contributed by atoms with E-state index in [1.807, 2.05) is 0 Å². The van der Waals surface area contributed by atoms with E-state index in [1.54, 1.807) is 7.11 Å². The predicted molar refractivity (Wildman–Crippen MR) is 61.5 cm³/mol. The summed E-state index contributed by atoms with van der Waals surface area (Å²) in [6.07, 6.45) is 3.61. The fourth-order valence-electron chi connectivity index (χ4n) is 2.65. The molecule has 0 heterocycles. The molecule has 0 bridgehead atoms. The summed E-state index contributed by atoms with van der Waals surface area (Å²) in [7, 11) is 1.59. The number of hydrogen-bond donors (Lipinski definition) is 1. The Kier molecular flexibility index (Phi) is 3.45. The van der Waals surface area contributed by atoms with E-state index in [4.69, 9.17) is 10.5 Å². The van der Waals surface area contributed by atoms with Gasteiger partial charge in [-0.25, -0.2) is 8.78 Å². The van der Waals surface area contributed by atoms with Crippen LogP contribution in [-0.4, -0.2) is 12.7 Å². The van der Waals surface area contributed by atoms with Crippen molar-refractivity contribution in [1.29, 1.82) is 0 Å². The molecule has 1 atom stereocenters. The van der Waals surface area contributed by atoms with Gasteiger partial charge in [0.15, 0.2) is 0 Å². The van der Waals surface area contributed by atoms with Crippen molar-refractivity contribution in [2.45, 2.75) is 37.3 Å². The van der Waals surface area contributed by atoms with E-state index in [2.05, 4.69) is 0 Å². The van der Waals surface area contributed by atoms with Crippen LogP contribution in [0.25, 0.3) is 0 Å². The molecule has 94 valence electrons. The first-order valence-corrected chi connectivity index (χ1v) is 5.85. The van der Waals surface area contributed by atoms with Crippen molar-refractivity contribution < 1.29 is 13.5 Å². The lowest BCUT2D eigenvalue weighted by Crippen LogP contribution is -2.41. The number of rotatable bonds is 3. The summed E-state index contributed by atoms with van der Waals surface area (Å²) in [6, 6.07) is 2.76. The van der Waals surface area contributed by atoms with Crippen LogP contribution in [0.4, 0.5) is 8.78 Å². The molecule has 0 saturated heterocycles. The molecule has 1 aromatic carbocycles. The molecule has 2 N–H and O–H groups in total. The Balaban J connectivity index is 2.35. The van der Waals surface area contributed by atoms with Crippen LogP contribution >= 0.6 is 0 Å². The van der Waals surface area contributed by atoms with Crippen molar-refractivity contribution >= 4 is 0 Å². The molecule has 1 aliphatic carbocycles. The molecular weight excluding hydrogens is 224 g/mol. The number of hydrogen-bond acceptors (Lipinski definition) is 2. The molecule has 4 heteroatoms. The molecule has 17 heavy (non-hydrogen) atoms. The van der Waals surface area contributed by atoms with E-state index >= 15 is 0 Å². The van der Waals surface area contributed by atoms with Crippen LogP contribution in [0.2, 0.25) is 0 Å². The van der Waals surface area contributed by atoms with Crippen LogP contribution in [-0.2, 0) is 4.74 Å². The third kappa shape index (κ3) is 2.19. The number of ether oxygens (including phenoxy) is 1. The van der Waals surface area contributed by atoms with Crippen LogP contribution in [0.1, 0.15) is 37.3 Å². The van der Waals surface area contributed by atoms with Gasteiger partial charge in [-0.15, -0.1) is 0 Å². The van der Waals surface area contributed by atoms with E-state index in [0.29, 0.717) is 0 Å². The van der Waals surface area contributed by atoms with Gasteiger partial charge in [0.25, 0.3) is 0 Å². The highest BCUT2D eigenvalue weighted by Crippen LogP contribution is 2.41. The highest BCUT2D eigenvalue weighted by Gasteiger charge is 2.41. The van der Waals surface area contributed by atoms with Gasteiger partial charge in [-0.2, -0.15) is 0 Å². The van der Waals surface area contributed by atoms with Gasteiger partial charge in [0.05, 0.1) is 11.6 Å². The predicted octanol–water partition coefficient (Wildman–Crippen LogP) is 2.92. The molecule has 0 radical (unpaired) electrons. The molecule has 1 unspecified atom stereocenters. The van der Waals surface area contributed by atoms with Gasteiger partial charge in [0, 0.05) is 12.7 Å². The van der Waals surface area contributed by atoms with E-state index in [1.165, 1.54) is 6.07 Å². The lowest BCUT2D eigenvalue weighted by molar-refractivity contribution is -0.0272. The van der Waals surface area contributed by atoms with Crippen LogP contribution in [0.15, 0.2) is 18.2 Å². The fraction of sp³-hybridized carbons (Fsp3) is 0.538. The first-order chi connectivity index (χ1) is 8.09. The van der Waals surface area contributed by atoms with Crippen molar-refractivity contribution in [2.75, 3.05) is 7.11 Å². The number of nitrogens with two attached hydrogens (primary N) is 1. The van der Waals surface area contributed by atoms with Crippen LogP contribution < -0.4 is 5.73 Å². The van der Waals surface area contributed by atoms with Crippen LogP contribution in [0.3, 0.4) is 0 Å². The Morgan fingerprint density at radius 1 is 1.29 bits per heavy atom. The summed E-state index contributed by atoms with van der Waals surface area (Å²) >= 11 is 0. The molecule has 2 nitrogen and oxygen atoms in total. The first-order valence-electron chi connectivity index (χ1n) is 5.85. The second kappa shape index (κ2) is 4.70. The summed E-state index contributed by atoms with van der Waals surface area (Å²) in [4.78, 5) is 0. The topological polar surface area (TPSA) is 35.2 Å².